The lowest BCUT2D eigenvalue weighted by Gasteiger charge is -2.05. The van der Waals surface area contributed by atoms with Gasteiger partial charge < -0.3 is 5.73 Å². The summed E-state index contributed by atoms with van der Waals surface area (Å²) in [4.78, 5) is 28.9. The number of nitrogens with one attached hydrogen (secondary N) is 1. The van der Waals surface area contributed by atoms with Crippen LogP contribution in [0.25, 0.3) is 5.69 Å². The van der Waals surface area contributed by atoms with E-state index >= 15 is 0 Å². The fraction of sp³-hybridized carbons (Fsp3) is 0.100. The molecule has 0 aliphatic heterocycles. The van der Waals surface area contributed by atoms with Gasteiger partial charge in [-0.1, -0.05) is 0 Å². The molecule has 0 saturated heterocycles. The maximum atomic E-state index is 11.5. The van der Waals surface area contributed by atoms with Crippen molar-refractivity contribution in [3.63, 3.8) is 0 Å². The number of aromatic nitrogens is 3. The zero-order valence-corrected chi connectivity index (χ0v) is 8.38. The van der Waals surface area contributed by atoms with Crippen molar-refractivity contribution >= 4 is 0 Å². The quantitative estimate of drug-likeness (QED) is 0.702. The van der Waals surface area contributed by atoms with Crippen molar-refractivity contribution in [3.8, 4) is 5.69 Å². The highest BCUT2D eigenvalue weighted by Crippen LogP contribution is 2.00. The molecule has 6 nitrogen and oxygen atoms in total. The molecule has 2 rings (SSSR count). The molecule has 82 valence electrons. The topological polar surface area (TPSA) is 93.8 Å². The molecule has 2 aromatic heterocycles. The summed E-state index contributed by atoms with van der Waals surface area (Å²) >= 11 is 0. The molecule has 2 aromatic rings. The summed E-state index contributed by atoms with van der Waals surface area (Å²) in [5.74, 6) is 0. The lowest BCUT2D eigenvalue weighted by Crippen LogP contribution is -2.31. The van der Waals surface area contributed by atoms with Gasteiger partial charge in [-0.2, -0.15) is 0 Å². The van der Waals surface area contributed by atoms with Crippen LogP contribution >= 0.6 is 0 Å². The van der Waals surface area contributed by atoms with Crippen molar-refractivity contribution in [3.05, 3.63) is 57.1 Å². The van der Waals surface area contributed by atoms with Crippen LogP contribution in [-0.4, -0.2) is 14.5 Å². The molecule has 0 radical (unpaired) electrons. The van der Waals surface area contributed by atoms with E-state index in [1.54, 1.807) is 18.3 Å². The number of nitrogens with two attached hydrogens (primary N) is 1. The normalized spacial score (nSPS) is 10.3. The number of aromatic amines is 1. The Bertz CT molecular complexity index is 600. The third-order valence-corrected chi connectivity index (χ3v) is 2.16. The summed E-state index contributed by atoms with van der Waals surface area (Å²) in [5.41, 5.74) is 5.37. The molecule has 0 saturated carbocycles. The molecule has 0 spiro atoms. The number of pyridine rings is 1. The molecule has 0 unspecified atom stereocenters. The Hall–Kier alpha value is -2.21. The number of nitrogens with zero attached hydrogens (tertiary/aromatic N) is 2. The van der Waals surface area contributed by atoms with Gasteiger partial charge in [-0.15, -0.1) is 0 Å². The van der Waals surface area contributed by atoms with E-state index in [1.807, 2.05) is 0 Å². The third-order valence-electron chi connectivity index (χ3n) is 2.16. The van der Waals surface area contributed by atoms with Gasteiger partial charge in [0, 0.05) is 24.5 Å². The van der Waals surface area contributed by atoms with E-state index in [-0.39, 0.29) is 6.54 Å². The van der Waals surface area contributed by atoms with Crippen LogP contribution < -0.4 is 17.0 Å². The summed E-state index contributed by atoms with van der Waals surface area (Å²) in [7, 11) is 0. The second kappa shape index (κ2) is 4.11. The van der Waals surface area contributed by atoms with Crippen molar-refractivity contribution in [1.82, 2.24) is 14.5 Å². The van der Waals surface area contributed by atoms with Crippen molar-refractivity contribution in [2.45, 2.75) is 6.54 Å². The third kappa shape index (κ3) is 1.78. The minimum atomic E-state index is -0.504. The van der Waals surface area contributed by atoms with Gasteiger partial charge in [-0.25, -0.2) is 4.79 Å². The summed E-state index contributed by atoms with van der Waals surface area (Å²) in [6, 6.07) is 3.42. The van der Waals surface area contributed by atoms with E-state index in [9.17, 15) is 9.59 Å². The monoisotopic (exact) mass is 218 g/mol. The molecule has 0 fully saturated rings. The van der Waals surface area contributed by atoms with E-state index in [0.717, 1.165) is 0 Å². The zero-order valence-electron chi connectivity index (χ0n) is 8.38. The largest absolute Gasteiger partial charge is 0.332 e. The summed E-state index contributed by atoms with van der Waals surface area (Å²) in [5, 5.41) is 0. The maximum absolute atomic E-state index is 11.5. The molecule has 0 atom stereocenters. The van der Waals surface area contributed by atoms with Crippen LogP contribution in [0.5, 0.6) is 0 Å². The second-order valence-corrected chi connectivity index (χ2v) is 3.20. The van der Waals surface area contributed by atoms with E-state index in [1.165, 1.54) is 17.0 Å². The Kier molecular flexibility index (Phi) is 2.65. The first-order chi connectivity index (χ1) is 7.72. The molecule has 0 amide bonds. The van der Waals surface area contributed by atoms with Crippen LogP contribution in [0, 0.1) is 0 Å². The van der Waals surface area contributed by atoms with Crippen LogP contribution in [0.3, 0.4) is 0 Å². The van der Waals surface area contributed by atoms with Gasteiger partial charge in [0.15, 0.2) is 0 Å². The van der Waals surface area contributed by atoms with E-state index in [2.05, 4.69) is 9.97 Å². The van der Waals surface area contributed by atoms with E-state index in [0.29, 0.717) is 11.3 Å². The molecular formula is C10H10N4O2. The average molecular weight is 218 g/mol. The highest BCUT2D eigenvalue weighted by molar-refractivity contribution is 5.28. The van der Waals surface area contributed by atoms with Crippen molar-refractivity contribution in [2.75, 3.05) is 0 Å². The van der Waals surface area contributed by atoms with Gasteiger partial charge in [0.1, 0.15) is 0 Å². The standard InChI is InChI=1S/C10H10N4O2/c11-4-7-6-14(10(16)13-9(7)15)8-2-1-3-12-5-8/h1-3,5-6H,4,11H2,(H,13,15,16). The van der Waals surface area contributed by atoms with Crippen LogP contribution in [0.1, 0.15) is 5.56 Å². The number of H-pyrrole nitrogens is 1. The highest BCUT2D eigenvalue weighted by Gasteiger charge is 2.04. The van der Waals surface area contributed by atoms with Crippen LogP contribution in [-0.2, 0) is 6.54 Å². The zero-order chi connectivity index (χ0) is 11.5. The SMILES string of the molecule is NCc1cn(-c2cccnc2)c(=O)[nH]c1=O. The molecule has 0 bridgehead atoms. The number of hydrogen-bond donors (Lipinski definition) is 2. The molecule has 0 aromatic carbocycles. The second-order valence-electron chi connectivity index (χ2n) is 3.20. The van der Waals surface area contributed by atoms with E-state index in [4.69, 9.17) is 5.73 Å². The van der Waals surface area contributed by atoms with Crippen LogP contribution in [0.2, 0.25) is 0 Å². The van der Waals surface area contributed by atoms with Gasteiger partial charge in [-0.05, 0) is 12.1 Å². The molecule has 2 heterocycles. The number of rotatable bonds is 2. The first-order valence-electron chi connectivity index (χ1n) is 4.67. The highest BCUT2D eigenvalue weighted by atomic mass is 16.2. The molecule has 3 N–H and O–H groups in total. The molecule has 0 aliphatic rings. The van der Waals surface area contributed by atoms with Crippen molar-refractivity contribution in [1.29, 1.82) is 0 Å². The predicted octanol–water partition coefficient (Wildman–Crippen LogP) is -0.621. The predicted molar refractivity (Wildman–Crippen MR) is 58.3 cm³/mol. The minimum Gasteiger partial charge on any atom is -0.326 e. The fourth-order valence-electron chi connectivity index (χ4n) is 1.34. The lowest BCUT2D eigenvalue weighted by atomic mass is 10.3. The van der Waals surface area contributed by atoms with Crippen LogP contribution in [0.4, 0.5) is 0 Å². The lowest BCUT2D eigenvalue weighted by molar-refractivity contribution is 0.848. The van der Waals surface area contributed by atoms with Gasteiger partial charge in [0.05, 0.1) is 11.9 Å². The molecule has 0 aliphatic carbocycles. The van der Waals surface area contributed by atoms with Crippen molar-refractivity contribution < 1.29 is 0 Å². The van der Waals surface area contributed by atoms with Gasteiger partial charge in [-0.3, -0.25) is 19.3 Å². The summed E-state index contributed by atoms with van der Waals surface area (Å²) in [6.07, 6.45) is 4.56. The average Bonchev–Trinajstić information content (AvgIpc) is 2.30. The Balaban J connectivity index is 2.67. The minimum absolute atomic E-state index is 0.0792. The fourth-order valence-corrected chi connectivity index (χ4v) is 1.34. The molecule has 6 heteroatoms. The summed E-state index contributed by atoms with van der Waals surface area (Å²) in [6.45, 7) is 0.0792. The van der Waals surface area contributed by atoms with Gasteiger partial charge in [0.25, 0.3) is 5.56 Å². The first-order valence-corrected chi connectivity index (χ1v) is 4.67. The smallest absolute Gasteiger partial charge is 0.326 e. The molecule has 16 heavy (non-hydrogen) atoms. The maximum Gasteiger partial charge on any atom is 0.332 e. The summed E-state index contributed by atoms with van der Waals surface area (Å²) < 4.78 is 1.30. The number of hydrogen-bond acceptors (Lipinski definition) is 4. The van der Waals surface area contributed by atoms with Gasteiger partial charge in [0.2, 0.25) is 0 Å². The molecular weight excluding hydrogens is 208 g/mol. The Morgan fingerprint density at radius 1 is 1.44 bits per heavy atom. The van der Waals surface area contributed by atoms with Crippen LogP contribution in [0.15, 0.2) is 40.3 Å². The Labute approximate surface area is 90.4 Å². The van der Waals surface area contributed by atoms with Gasteiger partial charge >= 0.3 is 5.69 Å². The Morgan fingerprint density at radius 3 is 2.88 bits per heavy atom. The Morgan fingerprint density at radius 2 is 2.25 bits per heavy atom. The first kappa shape index (κ1) is 10.3. The van der Waals surface area contributed by atoms with E-state index < -0.39 is 11.2 Å². The van der Waals surface area contributed by atoms with Crippen molar-refractivity contribution in [2.24, 2.45) is 5.73 Å².